The number of nitrogens with zero attached hydrogens (tertiary/aromatic N) is 3. The topological polar surface area (TPSA) is 133 Å². The number of nitrogen functional groups attached to an aromatic ring is 1. The average molecular weight is 362 g/mol. The molecule has 0 bridgehead atoms. The third-order valence-electron chi connectivity index (χ3n) is 4.06. The molecule has 8 heteroatoms. The number of hydrogen-bond acceptors (Lipinski definition) is 4. The van der Waals surface area contributed by atoms with E-state index in [9.17, 15) is 4.79 Å². The lowest BCUT2D eigenvalue weighted by molar-refractivity contribution is 0.248. The average Bonchev–Trinajstić information content (AvgIpc) is 2.96. The zero-order valence-electron chi connectivity index (χ0n) is 14.3. The summed E-state index contributed by atoms with van der Waals surface area (Å²) in [6.07, 6.45) is 0. The van der Waals surface area contributed by atoms with Gasteiger partial charge in [-0.25, -0.2) is 9.48 Å². The minimum Gasteiger partial charge on any atom is -0.412 e. The number of aromatic nitrogens is 3. The minimum atomic E-state index is -0.514. The molecule has 8 nitrogen and oxygen atoms in total. The van der Waals surface area contributed by atoms with Crippen molar-refractivity contribution in [1.29, 1.82) is 5.41 Å². The highest BCUT2D eigenvalue weighted by molar-refractivity contribution is 6.02. The van der Waals surface area contributed by atoms with Gasteiger partial charge in [-0.15, -0.1) is 0 Å². The SMILES string of the molecule is N=c1nc(N)n(-c2ccccc2)n1C(=O)Nc1cccc2ccccc12.O. The highest BCUT2D eigenvalue weighted by Gasteiger charge is 2.17. The molecule has 0 fully saturated rings. The van der Waals surface area contributed by atoms with Crippen LogP contribution < -0.4 is 16.7 Å². The molecule has 4 aromatic rings. The summed E-state index contributed by atoms with van der Waals surface area (Å²) in [5.74, 6) is 0.0641. The van der Waals surface area contributed by atoms with Crippen molar-refractivity contribution >= 4 is 28.4 Å². The first-order valence-corrected chi connectivity index (χ1v) is 8.02. The number of nitrogens with two attached hydrogens (primary N) is 1. The van der Waals surface area contributed by atoms with E-state index in [-0.39, 0.29) is 17.0 Å². The van der Waals surface area contributed by atoms with Gasteiger partial charge in [0.1, 0.15) is 0 Å². The Morgan fingerprint density at radius 3 is 2.41 bits per heavy atom. The summed E-state index contributed by atoms with van der Waals surface area (Å²) in [7, 11) is 0. The van der Waals surface area contributed by atoms with Crippen LogP contribution in [0.15, 0.2) is 72.8 Å². The number of amides is 1. The van der Waals surface area contributed by atoms with Crippen LogP contribution in [0.1, 0.15) is 0 Å². The van der Waals surface area contributed by atoms with Gasteiger partial charge in [0, 0.05) is 5.39 Å². The van der Waals surface area contributed by atoms with E-state index in [1.54, 1.807) is 12.1 Å². The van der Waals surface area contributed by atoms with Crippen molar-refractivity contribution in [2.24, 2.45) is 0 Å². The molecule has 1 aromatic heterocycles. The zero-order chi connectivity index (χ0) is 18.1. The number of para-hydroxylation sites is 1. The molecule has 0 aliphatic heterocycles. The molecule has 4 rings (SSSR count). The highest BCUT2D eigenvalue weighted by atomic mass is 16.2. The summed E-state index contributed by atoms with van der Waals surface area (Å²) in [5.41, 5.74) is 6.98. The van der Waals surface area contributed by atoms with Gasteiger partial charge in [-0.2, -0.15) is 9.67 Å². The molecule has 6 N–H and O–H groups in total. The number of benzene rings is 3. The van der Waals surface area contributed by atoms with Crippen LogP contribution in [-0.4, -0.2) is 25.9 Å². The number of anilines is 2. The zero-order valence-corrected chi connectivity index (χ0v) is 14.3. The molecule has 0 spiro atoms. The van der Waals surface area contributed by atoms with E-state index in [2.05, 4.69) is 10.3 Å². The molecule has 0 saturated carbocycles. The number of carbonyl (C=O) groups excluding carboxylic acids is 1. The third-order valence-corrected chi connectivity index (χ3v) is 4.06. The quantitative estimate of drug-likeness (QED) is 0.504. The monoisotopic (exact) mass is 362 g/mol. The summed E-state index contributed by atoms with van der Waals surface area (Å²) in [6.45, 7) is 0. The Hall–Kier alpha value is -3.91. The largest absolute Gasteiger partial charge is 0.412 e. The predicted octanol–water partition coefficient (Wildman–Crippen LogP) is 2.14. The summed E-state index contributed by atoms with van der Waals surface area (Å²) < 4.78 is 2.51. The first-order valence-electron chi connectivity index (χ1n) is 8.02. The molecule has 0 radical (unpaired) electrons. The Labute approximate surface area is 154 Å². The van der Waals surface area contributed by atoms with Gasteiger partial charge in [0.2, 0.25) is 11.6 Å². The predicted molar refractivity (Wildman–Crippen MR) is 104 cm³/mol. The molecule has 3 aromatic carbocycles. The van der Waals surface area contributed by atoms with Gasteiger partial charge in [0.05, 0.1) is 11.4 Å². The minimum absolute atomic E-state index is 0. The van der Waals surface area contributed by atoms with Crippen LogP contribution in [0.3, 0.4) is 0 Å². The highest BCUT2D eigenvalue weighted by Crippen LogP contribution is 2.23. The molecule has 136 valence electrons. The Morgan fingerprint density at radius 1 is 0.963 bits per heavy atom. The van der Waals surface area contributed by atoms with Crippen LogP contribution in [-0.2, 0) is 0 Å². The summed E-state index contributed by atoms with van der Waals surface area (Å²) in [5, 5.41) is 12.8. The van der Waals surface area contributed by atoms with Gasteiger partial charge in [-0.1, -0.05) is 54.6 Å². The maximum Gasteiger partial charge on any atom is 0.348 e. The lowest BCUT2D eigenvalue weighted by atomic mass is 10.1. The summed E-state index contributed by atoms with van der Waals surface area (Å²) in [6, 6.07) is 22.0. The molecule has 0 aliphatic carbocycles. The summed E-state index contributed by atoms with van der Waals surface area (Å²) in [4.78, 5) is 16.8. The van der Waals surface area contributed by atoms with Gasteiger partial charge >= 0.3 is 6.03 Å². The fourth-order valence-electron chi connectivity index (χ4n) is 2.91. The molecular formula is C19H18N6O2. The number of fused-ring (bicyclic) bond motifs is 1. The second-order valence-electron chi connectivity index (χ2n) is 5.71. The van der Waals surface area contributed by atoms with E-state index in [0.717, 1.165) is 15.5 Å². The second kappa shape index (κ2) is 7.14. The van der Waals surface area contributed by atoms with E-state index < -0.39 is 6.03 Å². The van der Waals surface area contributed by atoms with Crippen molar-refractivity contribution in [3.05, 3.63) is 78.4 Å². The maximum atomic E-state index is 12.9. The van der Waals surface area contributed by atoms with E-state index in [1.807, 2.05) is 60.7 Å². The van der Waals surface area contributed by atoms with E-state index >= 15 is 0 Å². The van der Waals surface area contributed by atoms with Crippen molar-refractivity contribution in [3.63, 3.8) is 0 Å². The third kappa shape index (κ3) is 3.16. The Balaban J connectivity index is 0.00000210. The second-order valence-corrected chi connectivity index (χ2v) is 5.71. The van der Waals surface area contributed by atoms with Crippen molar-refractivity contribution < 1.29 is 10.3 Å². The molecule has 0 aliphatic rings. The first-order chi connectivity index (χ1) is 12.6. The van der Waals surface area contributed by atoms with Crippen molar-refractivity contribution in [2.75, 3.05) is 11.1 Å². The fraction of sp³-hybridized carbons (Fsp3) is 0. The van der Waals surface area contributed by atoms with E-state index in [0.29, 0.717) is 11.4 Å². The maximum absolute atomic E-state index is 12.9. The van der Waals surface area contributed by atoms with Gasteiger partial charge in [0.25, 0.3) is 0 Å². The fourth-order valence-corrected chi connectivity index (χ4v) is 2.91. The van der Waals surface area contributed by atoms with E-state index in [4.69, 9.17) is 11.1 Å². The molecule has 0 atom stereocenters. The van der Waals surface area contributed by atoms with Crippen LogP contribution in [0.2, 0.25) is 0 Å². The first kappa shape index (κ1) is 17.9. The van der Waals surface area contributed by atoms with Gasteiger partial charge < -0.3 is 16.5 Å². The molecule has 27 heavy (non-hydrogen) atoms. The van der Waals surface area contributed by atoms with Crippen LogP contribution in [0.5, 0.6) is 0 Å². The van der Waals surface area contributed by atoms with Crippen LogP contribution in [0, 0.1) is 5.41 Å². The van der Waals surface area contributed by atoms with Crippen LogP contribution >= 0.6 is 0 Å². The standard InChI is InChI=1S/C19H16N6O.H2O/c20-17-23-18(21)25(24(17)14-9-2-1-3-10-14)19(26)22-16-12-6-8-13-7-4-5-11-15(13)16;/h1-12H,(H,22,26)(H3,20,21,23);1H2. The lowest BCUT2D eigenvalue weighted by Gasteiger charge is -2.13. The van der Waals surface area contributed by atoms with Gasteiger partial charge in [-0.3, -0.25) is 5.41 Å². The molecular weight excluding hydrogens is 344 g/mol. The molecule has 1 heterocycles. The Kier molecular flexibility index (Phi) is 4.73. The number of rotatable bonds is 2. The Morgan fingerprint density at radius 2 is 1.63 bits per heavy atom. The van der Waals surface area contributed by atoms with Gasteiger partial charge in [0.15, 0.2) is 0 Å². The van der Waals surface area contributed by atoms with Crippen LogP contribution in [0.4, 0.5) is 16.4 Å². The Bertz CT molecular complexity index is 1160. The van der Waals surface area contributed by atoms with Crippen molar-refractivity contribution in [2.45, 2.75) is 0 Å². The molecule has 0 saturated heterocycles. The van der Waals surface area contributed by atoms with Crippen LogP contribution in [0.25, 0.3) is 16.5 Å². The van der Waals surface area contributed by atoms with Gasteiger partial charge in [-0.05, 0) is 23.6 Å². The van der Waals surface area contributed by atoms with Crippen molar-refractivity contribution in [3.8, 4) is 5.69 Å². The molecule has 1 amide bonds. The lowest BCUT2D eigenvalue weighted by Crippen LogP contribution is -2.34. The number of nitrogens with one attached hydrogen (secondary N) is 2. The van der Waals surface area contributed by atoms with E-state index in [1.165, 1.54) is 4.68 Å². The number of hydrogen-bond donors (Lipinski definition) is 3. The van der Waals surface area contributed by atoms with Crippen molar-refractivity contribution in [1.82, 2.24) is 14.3 Å². The normalized spacial score (nSPS) is 10.4. The number of carbonyl (C=O) groups is 1. The smallest absolute Gasteiger partial charge is 0.348 e. The molecule has 0 unspecified atom stereocenters. The summed E-state index contributed by atoms with van der Waals surface area (Å²) >= 11 is 0.